The van der Waals surface area contributed by atoms with Crippen molar-refractivity contribution in [2.24, 2.45) is 0 Å². The Labute approximate surface area is 374 Å². The number of fused-ring (bicyclic) bond motifs is 4. The summed E-state index contributed by atoms with van der Waals surface area (Å²) in [4.78, 5) is 10.8. The number of ether oxygens (including phenoxy) is 2. The number of aromatic nitrogens is 2. The van der Waals surface area contributed by atoms with Crippen molar-refractivity contribution < 1.29 is 9.47 Å². The van der Waals surface area contributed by atoms with Gasteiger partial charge in [0.05, 0.1) is 11.4 Å². The van der Waals surface area contributed by atoms with Crippen molar-refractivity contribution in [3.8, 4) is 56.9 Å². The molecule has 0 fully saturated rings. The van der Waals surface area contributed by atoms with Gasteiger partial charge in [0.15, 0.2) is 22.0 Å². The van der Waals surface area contributed by atoms with Gasteiger partial charge in [-0.3, -0.25) is 0 Å². The Balaban J connectivity index is 1.13. The van der Waals surface area contributed by atoms with Crippen molar-refractivity contribution in [2.75, 3.05) is 0 Å². The van der Waals surface area contributed by atoms with Crippen LogP contribution in [0.15, 0.2) is 243 Å². The van der Waals surface area contributed by atoms with Gasteiger partial charge in [0.25, 0.3) is 0 Å². The van der Waals surface area contributed by atoms with Crippen LogP contribution >= 0.6 is 0 Å². The van der Waals surface area contributed by atoms with Gasteiger partial charge in [0.2, 0.25) is 0 Å². The van der Waals surface area contributed by atoms with Crippen molar-refractivity contribution in [2.45, 2.75) is 0 Å². The van der Waals surface area contributed by atoms with E-state index in [4.69, 9.17) is 19.4 Å². The molecule has 0 atom stereocenters. The zero-order valence-electron chi connectivity index (χ0n) is 34.8. The van der Waals surface area contributed by atoms with Gasteiger partial charge in [0, 0.05) is 16.7 Å². The number of hydrogen-bond donors (Lipinski definition) is 0. The molecule has 0 unspecified atom stereocenters. The highest BCUT2D eigenvalue weighted by Gasteiger charge is 2.50. The number of nitrogens with zero attached hydrogens (tertiary/aromatic N) is 2. The summed E-state index contributed by atoms with van der Waals surface area (Å²) < 4.78 is 14.3. The average molecular weight is 853 g/mol. The van der Waals surface area contributed by atoms with Gasteiger partial charge in [-0.2, -0.15) is 0 Å². The van der Waals surface area contributed by atoms with Crippen LogP contribution < -0.4 is 51.0 Å². The van der Waals surface area contributed by atoms with E-state index in [-0.39, 0.29) is 0 Å². The topological polar surface area (TPSA) is 44.2 Å². The minimum atomic E-state index is -2.91. The predicted molar refractivity (Wildman–Crippen MR) is 266 cm³/mol. The standard InChI is InChI=1S/C58H40N2O2Si2/c1-6-22-41(23-7-1)58-59-48(46-32-20-38-54-56(46)61-50-34-16-18-36-52(50)63(54,42-24-8-2-9-25-42)43-26-10-3-11-27-43)40-49(60-58)47-33-21-39-55-57(47)62-51-35-17-19-37-53(51)64(55,44-28-12-4-13-29-44)45-30-14-5-15-31-45/h1-40H. The van der Waals surface area contributed by atoms with E-state index >= 15 is 0 Å². The maximum Gasteiger partial charge on any atom is 0.188 e. The molecule has 0 saturated carbocycles. The van der Waals surface area contributed by atoms with E-state index in [9.17, 15) is 0 Å². The largest absolute Gasteiger partial charge is 0.457 e. The van der Waals surface area contributed by atoms with Crippen molar-refractivity contribution in [1.29, 1.82) is 0 Å². The first-order chi connectivity index (χ1) is 31.7. The quantitative estimate of drug-likeness (QED) is 0.151. The summed E-state index contributed by atoms with van der Waals surface area (Å²) in [6, 6.07) is 86.8. The Morgan fingerprint density at radius 3 is 1.02 bits per heavy atom. The third-order valence-electron chi connectivity index (χ3n) is 13.0. The van der Waals surface area contributed by atoms with Crippen molar-refractivity contribution in [1.82, 2.24) is 9.97 Å². The number of rotatable bonds is 7. The van der Waals surface area contributed by atoms with Gasteiger partial charge in [0.1, 0.15) is 23.0 Å². The van der Waals surface area contributed by atoms with E-state index in [0.717, 1.165) is 51.1 Å². The second-order valence-corrected chi connectivity index (χ2v) is 23.8. The molecule has 0 bridgehead atoms. The molecule has 2 aliphatic rings. The van der Waals surface area contributed by atoms with E-state index in [0.29, 0.717) is 5.82 Å². The molecule has 9 aromatic carbocycles. The smallest absolute Gasteiger partial charge is 0.188 e. The van der Waals surface area contributed by atoms with Crippen LogP contribution in [0.3, 0.4) is 0 Å². The minimum Gasteiger partial charge on any atom is -0.457 e. The second-order valence-electron chi connectivity index (χ2n) is 16.4. The molecule has 0 N–H and O–H groups in total. The Morgan fingerprint density at radius 1 is 0.297 bits per heavy atom. The Bertz CT molecular complexity index is 3050. The fraction of sp³-hybridized carbons (Fsp3) is 0. The minimum absolute atomic E-state index is 0.625. The summed E-state index contributed by atoms with van der Waals surface area (Å²) >= 11 is 0. The SMILES string of the molecule is c1ccc(-c2nc(-c3cccc4c3Oc3ccccc3[Si]4(c3ccccc3)c3ccccc3)cc(-c3cccc4c3Oc3ccccc3[Si]4(c3ccccc3)c3ccccc3)n2)cc1. The van der Waals surface area contributed by atoms with Gasteiger partial charge >= 0.3 is 0 Å². The average Bonchev–Trinajstić information content (AvgIpc) is 3.38. The highest BCUT2D eigenvalue weighted by atomic mass is 28.3. The van der Waals surface area contributed by atoms with Crippen LogP contribution in [-0.4, -0.2) is 26.1 Å². The third kappa shape index (κ3) is 5.80. The molecule has 0 amide bonds. The second kappa shape index (κ2) is 15.5. The maximum atomic E-state index is 7.16. The number of hydrogen-bond acceptors (Lipinski definition) is 4. The van der Waals surface area contributed by atoms with Crippen LogP contribution in [0.25, 0.3) is 33.9 Å². The highest BCUT2D eigenvalue weighted by Crippen LogP contribution is 2.41. The Hall–Kier alpha value is -7.91. The molecule has 64 heavy (non-hydrogen) atoms. The molecular weight excluding hydrogens is 813 g/mol. The van der Waals surface area contributed by atoms with Crippen LogP contribution in [0.4, 0.5) is 0 Å². The lowest BCUT2D eigenvalue weighted by Gasteiger charge is -2.40. The molecule has 0 radical (unpaired) electrons. The third-order valence-corrected chi connectivity index (χ3v) is 22.6. The van der Waals surface area contributed by atoms with Crippen molar-refractivity contribution in [3.63, 3.8) is 0 Å². The van der Waals surface area contributed by atoms with Gasteiger partial charge < -0.3 is 9.47 Å². The molecule has 2 aliphatic heterocycles. The van der Waals surface area contributed by atoms with E-state index in [1.165, 1.54) is 41.5 Å². The first-order valence-corrected chi connectivity index (χ1v) is 25.7. The summed E-state index contributed by atoms with van der Waals surface area (Å²) in [6.45, 7) is 0. The van der Waals surface area contributed by atoms with E-state index < -0.39 is 16.1 Å². The Kier molecular flexibility index (Phi) is 9.14. The van der Waals surface area contributed by atoms with Gasteiger partial charge in [-0.15, -0.1) is 0 Å². The predicted octanol–water partition coefficient (Wildman–Crippen LogP) is 8.44. The first kappa shape index (κ1) is 37.8. The monoisotopic (exact) mass is 852 g/mol. The molecular formula is C58H40N2O2Si2. The molecule has 10 aromatic rings. The summed E-state index contributed by atoms with van der Waals surface area (Å²) in [6.07, 6.45) is 0. The maximum absolute atomic E-state index is 7.16. The van der Waals surface area contributed by atoms with Crippen LogP contribution in [-0.2, 0) is 0 Å². The number of para-hydroxylation sites is 4. The zero-order valence-corrected chi connectivity index (χ0v) is 36.8. The molecule has 12 rings (SSSR count). The van der Waals surface area contributed by atoms with Crippen molar-refractivity contribution >= 4 is 57.6 Å². The zero-order chi connectivity index (χ0) is 42.5. The van der Waals surface area contributed by atoms with Gasteiger partial charge in [-0.1, -0.05) is 212 Å². The van der Waals surface area contributed by atoms with E-state index in [2.05, 4.69) is 224 Å². The molecule has 302 valence electrons. The fourth-order valence-electron chi connectivity index (χ4n) is 10.3. The lowest BCUT2D eigenvalue weighted by molar-refractivity contribution is 0.488. The van der Waals surface area contributed by atoms with Crippen molar-refractivity contribution in [3.05, 3.63) is 243 Å². The van der Waals surface area contributed by atoms with Crippen LogP contribution in [0.1, 0.15) is 0 Å². The molecule has 3 heterocycles. The van der Waals surface area contributed by atoms with Gasteiger partial charge in [-0.25, -0.2) is 9.97 Å². The summed E-state index contributed by atoms with van der Waals surface area (Å²) in [5, 5.41) is 9.99. The van der Waals surface area contributed by atoms with E-state index in [1.54, 1.807) is 0 Å². The van der Waals surface area contributed by atoms with Gasteiger partial charge in [-0.05, 0) is 71.8 Å². The summed E-state index contributed by atoms with van der Waals surface area (Å²) in [5.41, 5.74) is 4.28. The molecule has 0 spiro atoms. The van der Waals surface area contributed by atoms with Crippen LogP contribution in [0.2, 0.25) is 0 Å². The first-order valence-electron chi connectivity index (χ1n) is 21.7. The van der Waals surface area contributed by atoms with Crippen LogP contribution in [0, 0.1) is 0 Å². The Morgan fingerprint density at radius 2 is 0.625 bits per heavy atom. The van der Waals surface area contributed by atoms with E-state index in [1.807, 2.05) is 18.2 Å². The number of benzene rings is 9. The molecule has 0 saturated heterocycles. The molecule has 1 aromatic heterocycles. The fourth-order valence-corrected chi connectivity index (χ4v) is 20.2. The highest BCUT2D eigenvalue weighted by molar-refractivity contribution is 7.21. The summed E-state index contributed by atoms with van der Waals surface area (Å²) in [7, 11) is -5.83. The lowest BCUT2D eigenvalue weighted by atomic mass is 10.0. The lowest BCUT2D eigenvalue weighted by Crippen LogP contribution is -2.76. The molecule has 6 heteroatoms. The normalized spacial score (nSPS) is 13.8. The molecule has 4 nitrogen and oxygen atoms in total. The van der Waals surface area contributed by atoms with Crippen LogP contribution in [0.5, 0.6) is 23.0 Å². The molecule has 0 aliphatic carbocycles. The summed E-state index contributed by atoms with van der Waals surface area (Å²) in [5.74, 6) is 4.01.